The molecule has 2 saturated heterocycles. The first-order valence-corrected chi connectivity index (χ1v) is 9.14. The van der Waals surface area contributed by atoms with Crippen LogP contribution in [0, 0.1) is 11.7 Å². The van der Waals surface area contributed by atoms with Crippen molar-refractivity contribution in [2.24, 2.45) is 5.92 Å². The summed E-state index contributed by atoms with van der Waals surface area (Å²) in [7, 11) is 0. The summed E-state index contributed by atoms with van der Waals surface area (Å²) in [5.41, 5.74) is 0.207. The van der Waals surface area contributed by atoms with Gasteiger partial charge in [0.15, 0.2) is 0 Å². The second kappa shape index (κ2) is 7.95. The number of benzene rings is 1. The highest BCUT2D eigenvalue weighted by molar-refractivity contribution is 5.94. The maximum Gasteiger partial charge on any atom is 0.241 e. The standard InChI is InChI=1S/C19H26FN3O2/c1-14(18(24)21-17-7-3-2-6-16(17)20)22-12-8-15(9-13-22)19(25)23-10-4-5-11-23/h2-3,6-7,14-15H,4-5,8-13H2,1H3,(H,21,24). The molecule has 2 fully saturated rings. The molecule has 1 aromatic carbocycles. The molecule has 2 amide bonds. The molecular weight excluding hydrogens is 321 g/mol. The number of amides is 2. The van der Waals surface area contributed by atoms with Crippen LogP contribution < -0.4 is 5.32 Å². The number of hydrogen-bond donors (Lipinski definition) is 1. The van der Waals surface area contributed by atoms with Gasteiger partial charge in [-0.2, -0.15) is 0 Å². The van der Waals surface area contributed by atoms with Crippen molar-refractivity contribution in [1.82, 2.24) is 9.80 Å². The minimum Gasteiger partial charge on any atom is -0.342 e. The summed E-state index contributed by atoms with van der Waals surface area (Å²) in [6.07, 6.45) is 3.79. The highest BCUT2D eigenvalue weighted by Crippen LogP contribution is 2.23. The van der Waals surface area contributed by atoms with Gasteiger partial charge < -0.3 is 10.2 Å². The molecule has 2 aliphatic heterocycles. The van der Waals surface area contributed by atoms with E-state index >= 15 is 0 Å². The van der Waals surface area contributed by atoms with Crippen LogP contribution in [-0.4, -0.2) is 53.8 Å². The molecule has 3 rings (SSSR count). The van der Waals surface area contributed by atoms with Gasteiger partial charge >= 0.3 is 0 Å². The lowest BCUT2D eigenvalue weighted by molar-refractivity contribution is -0.136. The predicted octanol–water partition coefficient (Wildman–Crippen LogP) is 2.49. The van der Waals surface area contributed by atoms with Crippen LogP contribution in [0.5, 0.6) is 0 Å². The van der Waals surface area contributed by atoms with Crippen molar-refractivity contribution in [1.29, 1.82) is 0 Å². The van der Waals surface area contributed by atoms with Gasteiger partial charge in [-0.1, -0.05) is 12.1 Å². The molecule has 2 heterocycles. The molecule has 0 bridgehead atoms. The molecule has 1 N–H and O–H groups in total. The Hall–Kier alpha value is -1.95. The summed E-state index contributed by atoms with van der Waals surface area (Å²) in [4.78, 5) is 28.9. The van der Waals surface area contributed by atoms with Crippen molar-refractivity contribution in [3.63, 3.8) is 0 Å². The molecule has 0 radical (unpaired) electrons. The molecule has 0 saturated carbocycles. The van der Waals surface area contributed by atoms with Crippen LogP contribution in [-0.2, 0) is 9.59 Å². The maximum atomic E-state index is 13.7. The molecule has 0 aliphatic carbocycles. The number of halogens is 1. The Kier molecular flexibility index (Phi) is 5.68. The third-order valence-corrected chi connectivity index (χ3v) is 5.36. The Labute approximate surface area is 148 Å². The molecule has 5 nitrogen and oxygen atoms in total. The lowest BCUT2D eigenvalue weighted by Gasteiger charge is -2.36. The summed E-state index contributed by atoms with van der Waals surface area (Å²) in [5.74, 6) is -0.288. The zero-order chi connectivity index (χ0) is 17.8. The first kappa shape index (κ1) is 17.9. The lowest BCUT2D eigenvalue weighted by atomic mass is 9.94. The fraction of sp³-hybridized carbons (Fsp3) is 0.579. The van der Waals surface area contributed by atoms with E-state index in [4.69, 9.17) is 0 Å². The highest BCUT2D eigenvalue weighted by atomic mass is 19.1. The maximum absolute atomic E-state index is 13.7. The SMILES string of the molecule is CC(C(=O)Nc1ccccc1F)N1CCC(C(=O)N2CCCC2)CC1. The second-order valence-electron chi connectivity index (χ2n) is 6.99. The molecule has 136 valence electrons. The smallest absolute Gasteiger partial charge is 0.241 e. The number of rotatable bonds is 4. The van der Waals surface area contributed by atoms with Gasteiger partial charge in [0.2, 0.25) is 11.8 Å². The summed E-state index contributed by atoms with van der Waals surface area (Å²) in [6, 6.07) is 5.83. The van der Waals surface area contributed by atoms with Crippen molar-refractivity contribution in [3.8, 4) is 0 Å². The van der Waals surface area contributed by atoms with E-state index in [0.717, 1.165) is 51.9 Å². The summed E-state index contributed by atoms with van der Waals surface area (Å²) in [5, 5.41) is 2.66. The highest BCUT2D eigenvalue weighted by Gasteiger charge is 2.32. The fourth-order valence-electron chi connectivity index (χ4n) is 3.70. The molecule has 1 unspecified atom stereocenters. The Balaban J connectivity index is 1.50. The molecule has 25 heavy (non-hydrogen) atoms. The summed E-state index contributed by atoms with van der Waals surface area (Å²) >= 11 is 0. The van der Waals surface area contributed by atoms with E-state index in [2.05, 4.69) is 10.2 Å². The normalized spacial score (nSPS) is 20.5. The number of nitrogens with one attached hydrogen (secondary N) is 1. The average molecular weight is 347 g/mol. The van der Waals surface area contributed by atoms with Crippen molar-refractivity contribution in [2.75, 3.05) is 31.5 Å². The third kappa shape index (κ3) is 4.18. The van der Waals surface area contributed by atoms with Crippen molar-refractivity contribution >= 4 is 17.5 Å². The van der Waals surface area contributed by atoms with Crippen molar-refractivity contribution < 1.29 is 14.0 Å². The fourth-order valence-corrected chi connectivity index (χ4v) is 3.70. The van der Waals surface area contributed by atoms with Crippen LogP contribution >= 0.6 is 0 Å². The number of carbonyl (C=O) groups is 2. The lowest BCUT2D eigenvalue weighted by Crippen LogP contribution is -2.48. The van der Waals surface area contributed by atoms with E-state index in [-0.39, 0.29) is 29.5 Å². The third-order valence-electron chi connectivity index (χ3n) is 5.36. The van der Waals surface area contributed by atoms with Crippen LogP contribution in [0.3, 0.4) is 0 Å². The quantitative estimate of drug-likeness (QED) is 0.910. The number of hydrogen-bond acceptors (Lipinski definition) is 3. The van der Waals surface area contributed by atoms with Crippen molar-refractivity contribution in [2.45, 2.75) is 38.6 Å². The molecule has 1 atom stereocenters. The van der Waals surface area contributed by atoms with Crippen LogP contribution in [0.2, 0.25) is 0 Å². The van der Waals surface area contributed by atoms with Crippen LogP contribution in [0.4, 0.5) is 10.1 Å². The van der Waals surface area contributed by atoms with E-state index in [1.165, 1.54) is 6.07 Å². The molecule has 0 aromatic heterocycles. The number of para-hydroxylation sites is 1. The second-order valence-corrected chi connectivity index (χ2v) is 6.99. The topological polar surface area (TPSA) is 52.7 Å². The molecule has 1 aromatic rings. The number of nitrogens with zero attached hydrogens (tertiary/aromatic N) is 2. The molecular formula is C19H26FN3O2. The predicted molar refractivity (Wildman–Crippen MR) is 94.6 cm³/mol. The van der Waals surface area contributed by atoms with Gasteiger partial charge in [-0.3, -0.25) is 14.5 Å². The minimum atomic E-state index is -0.432. The zero-order valence-corrected chi connectivity index (χ0v) is 14.7. The van der Waals surface area contributed by atoms with Crippen LogP contribution in [0.1, 0.15) is 32.6 Å². The van der Waals surface area contributed by atoms with E-state index in [1.54, 1.807) is 18.2 Å². The van der Waals surface area contributed by atoms with Crippen LogP contribution in [0.15, 0.2) is 24.3 Å². The van der Waals surface area contributed by atoms with Gasteiger partial charge in [-0.15, -0.1) is 0 Å². The number of anilines is 1. The van der Waals surface area contributed by atoms with E-state index in [1.807, 2.05) is 11.8 Å². The average Bonchev–Trinajstić information content (AvgIpc) is 3.17. The van der Waals surface area contributed by atoms with Crippen molar-refractivity contribution in [3.05, 3.63) is 30.1 Å². The van der Waals surface area contributed by atoms with Gasteiger partial charge in [0.1, 0.15) is 5.82 Å². The van der Waals surface area contributed by atoms with E-state index in [9.17, 15) is 14.0 Å². The van der Waals surface area contributed by atoms with Gasteiger partial charge in [0, 0.05) is 19.0 Å². The monoisotopic (exact) mass is 347 g/mol. The number of carbonyl (C=O) groups excluding carboxylic acids is 2. The summed E-state index contributed by atoms with van der Waals surface area (Å²) in [6.45, 7) is 5.05. The number of piperidine rings is 1. The molecule has 2 aliphatic rings. The largest absolute Gasteiger partial charge is 0.342 e. The zero-order valence-electron chi connectivity index (χ0n) is 14.7. The van der Waals surface area contributed by atoms with Gasteiger partial charge in [0.05, 0.1) is 11.7 Å². The number of likely N-dealkylation sites (tertiary alicyclic amines) is 2. The Morgan fingerprint density at radius 2 is 1.76 bits per heavy atom. The molecule has 0 spiro atoms. The first-order valence-electron chi connectivity index (χ1n) is 9.14. The van der Waals surface area contributed by atoms with E-state index < -0.39 is 5.82 Å². The van der Waals surface area contributed by atoms with Gasteiger partial charge in [-0.25, -0.2) is 4.39 Å². The Bertz CT molecular complexity index is 623. The Morgan fingerprint density at radius 3 is 2.40 bits per heavy atom. The minimum absolute atomic E-state index is 0.0798. The van der Waals surface area contributed by atoms with Crippen LogP contribution in [0.25, 0.3) is 0 Å². The van der Waals surface area contributed by atoms with Gasteiger partial charge in [-0.05, 0) is 57.8 Å². The Morgan fingerprint density at radius 1 is 1.12 bits per heavy atom. The first-order chi connectivity index (χ1) is 12.1. The van der Waals surface area contributed by atoms with E-state index in [0.29, 0.717) is 0 Å². The molecule has 6 heteroatoms. The van der Waals surface area contributed by atoms with Gasteiger partial charge in [0.25, 0.3) is 0 Å². The summed E-state index contributed by atoms with van der Waals surface area (Å²) < 4.78 is 13.7.